The Labute approximate surface area is 72.0 Å². The summed E-state index contributed by atoms with van der Waals surface area (Å²) in [4.78, 5) is 3.60. The molecule has 0 aliphatic heterocycles. The van der Waals surface area contributed by atoms with E-state index < -0.39 is 5.75 Å². The zero-order valence-electron chi connectivity index (χ0n) is 6.15. The van der Waals surface area contributed by atoms with Crippen LogP contribution in [0.4, 0.5) is 0 Å². The van der Waals surface area contributed by atoms with E-state index in [0.717, 1.165) is 0 Å². The Balaban J connectivity index is 3.46. The Morgan fingerprint density at radius 3 is 3.00 bits per heavy atom. The third kappa shape index (κ3) is 1.66. The minimum absolute atomic E-state index is 0.128. The second kappa shape index (κ2) is 2.66. The van der Waals surface area contributed by atoms with Crippen LogP contribution in [0.25, 0.3) is 0 Å². The fourth-order valence-corrected chi connectivity index (χ4v) is 0.799. The second-order valence-corrected chi connectivity index (χ2v) is 2.85. The van der Waals surface area contributed by atoms with Gasteiger partial charge < -0.3 is 5.11 Å². The number of rotatable bonds is 0. The Morgan fingerprint density at radius 2 is 2.33 bits per heavy atom. The number of hydrogen-bond donors (Lipinski definition) is 1. The third-order valence-electron chi connectivity index (χ3n) is 0.669. The van der Waals surface area contributed by atoms with Gasteiger partial charge in [-0.1, -0.05) is 0 Å². The van der Waals surface area contributed by atoms with Gasteiger partial charge >= 0.3 is 0 Å². The average Bonchev–Trinajstić information content (AvgIpc) is 1.97. The Bertz CT molecular complexity index is 279. The molecule has 2 nitrogen and oxygen atoms in total. The first kappa shape index (κ1) is 4.68. The fraction of sp³-hybridized carbons (Fsp3) is 0. The lowest BCUT2D eigenvalue weighted by molar-refractivity contribution is 0.472. The predicted octanol–water partition coefficient (Wildman–Crippen LogP) is 2.31. The van der Waals surface area contributed by atoms with Crippen LogP contribution in [0.1, 0.15) is 2.74 Å². The van der Waals surface area contributed by atoms with Crippen molar-refractivity contribution in [1.29, 1.82) is 0 Å². The number of nitrogens with zero attached hydrogens (tertiary/aromatic N) is 1. The minimum Gasteiger partial charge on any atom is -0.506 e. The van der Waals surface area contributed by atoms with E-state index in [2.05, 4.69) is 36.8 Å². The summed E-state index contributed by atoms with van der Waals surface area (Å²) in [6.07, 6.45) is -0.301. The van der Waals surface area contributed by atoms with E-state index >= 15 is 0 Å². The summed E-state index contributed by atoms with van der Waals surface area (Å²) < 4.78 is 15.0. The van der Waals surface area contributed by atoms with E-state index in [9.17, 15) is 0 Å². The van der Waals surface area contributed by atoms with E-state index in [4.69, 9.17) is 7.85 Å². The van der Waals surface area contributed by atoms with Crippen molar-refractivity contribution in [2.75, 3.05) is 0 Å². The predicted molar refractivity (Wildman–Crippen MR) is 41.3 cm³/mol. The third-order valence-corrected chi connectivity index (χ3v) is 2.35. The second-order valence-electron chi connectivity index (χ2n) is 1.30. The number of aromatic nitrogens is 1. The lowest BCUT2D eigenvalue weighted by Gasteiger charge is -1.93. The normalized spacial score (nSPS) is 12.7. The zero-order chi connectivity index (χ0) is 8.59. The molecule has 1 rings (SSSR count). The molecule has 1 heterocycles. The van der Waals surface area contributed by atoms with Crippen LogP contribution in [0.5, 0.6) is 5.75 Å². The average molecular weight is 255 g/mol. The zero-order valence-corrected chi connectivity index (χ0v) is 7.32. The van der Waals surface area contributed by atoms with Crippen molar-refractivity contribution in [3.8, 4) is 5.75 Å². The van der Waals surface area contributed by atoms with E-state index in [-0.39, 0.29) is 12.2 Å². The molecule has 1 N–H and O–H groups in total. The van der Waals surface area contributed by atoms with E-state index in [1.54, 1.807) is 0 Å². The maximum absolute atomic E-state index is 9.02. The van der Waals surface area contributed by atoms with Gasteiger partial charge in [0.05, 0.1) is 13.4 Å². The van der Waals surface area contributed by atoms with E-state index in [1.165, 1.54) is 0 Å². The van der Waals surface area contributed by atoms with Gasteiger partial charge in [-0.25, -0.2) is 4.98 Å². The van der Waals surface area contributed by atoms with E-state index in [1.807, 2.05) is 0 Å². The lowest BCUT2D eigenvalue weighted by Crippen LogP contribution is -1.74. The molecule has 0 amide bonds. The summed E-state index contributed by atoms with van der Waals surface area (Å²) in [6.45, 7) is 0. The molecule has 0 saturated heterocycles. The fourth-order valence-electron chi connectivity index (χ4n) is 0.335. The molecule has 4 heteroatoms. The highest BCUT2D eigenvalue weighted by Gasteiger charge is 1.96. The molecular weight excluding hydrogens is 250 g/mol. The van der Waals surface area contributed by atoms with Gasteiger partial charge in [-0.3, -0.25) is 0 Å². The summed E-state index contributed by atoms with van der Waals surface area (Å²) in [5.74, 6) is -0.417. The van der Waals surface area contributed by atoms with Crippen molar-refractivity contribution in [2.45, 2.75) is 0 Å². The van der Waals surface area contributed by atoms with Gasteiger partial charge in [-0.05, 0) is 37.9 Å². The van der Waals surface area contributed by atoms with E-state index in [0.29, 0.717) is 9.08 Å². The number of pyridine rings is 1. The molecule has 0 saturated carbocycles. The van der Waals surface area contributed by atoms with Crippen molar-refractivity contribution in [3.63, 3.8) is 0 Å². The number of aromatic hydroxyl groups is 1. The quantitative estimate of drug-likeness (QED) is 0.721. The Kier molecular flexibility index (Phi) is 1.39. The topological polar surface area (TPSA) is 33.1 Å². The summed E-state index contributed by atoms with van der Waals surface area (Å²) in [5.41, 5.74) is 0. The molecule has 0 unspecified atom stereocenters. The van der Waals surface area contributed by atoms with Crippen molar-refractivity contribution in [1.82, 2.24) is 4.98 Å². The first-order chi connectivity index (χ1) is 5.04. The van der Waals surface area contributed by atoms with Crippen molar-refractivity contribution < 1.29 is 7.85 Å². The smallest absolute Gasteiger partial charge is 0.135 e. The van der Waals surface area contributed by atoms with Crippen LogP contribution in [0, 0.1) is 0 Å². The van der Waals surface area contributed by atoms with Gasteiger partial charge in [0.15, 0.2) is 0 Å². The standard InChI is InChI=1S/C5H3Br2NO/c6-4-1-3(9)2-8-5(4)7/h1-2,9H/i1D,2D. The van der Waals surface area contributed by atoms with Crippen LogP contribution in [0.3, 0.4) is 0 Å². The first-order valence-corrected chi connectivity index (χ1v) is 3.63. The molecule has 0 aromatic carbocycles. The minimum atomic E-state index is -0.417. The van der Waals surface area contributed by atoms with Gasteiger partial charge in [-0.15, -0.1) is 0 Å². The van der Waals surface area contributed by atoms with Gasteiger partial charge in [0, 0.05) is 0 Å². The van der Waals surface area contributed by atoms with Crippen LogP contribution < -0.4 is 0 Å². The highest BCUT2D eigenvalue weighted by Crippen LogP contribution is 2.23. The molecule has 0 aliphatic rings. The molecule has 0 spiro atoms. The van der Waals surface area contributed by atoms with Crippen LogP contribution in [-0.4, -0.2) is 10.1 Å². The largest absolute Gasteiger partial charge is 0.506 e. The molecule has 9 heavy (non-hydrogen) atoms. The lowest BCUT2D eigenvalue weighted by atomic mass is 10.5. The molecule has 1 aromatic rings. The number of halogens is 2. The van der Waals surface area contributed by atoms with Gasteiger partial charge in [0.25, 0.3) is 0 Å². The van der Waals surface area contributed by atoms with Crippen LogP contribution in [0.15, 0.2) is 21.3 Å². The Hall–Kier alpha value is -0.0900. The molecule has 0 radical (unpaired) electrons. The Morgan fingerprint density at radius 1 is 1.67 bits per heavy atom. The van der Waals surface area contributed by atoms with Gasteiger partial charge in [-0.2, -0.15) is 0 Å². The highest BCUT2D eigenvalue weighted by molar-refractivity contribution is 9.13. The summed E-state index contributed by atoms with van der Waals surface area (Å²) in [6, 6.07) is -0.128. The molecule has 0 aliphatic carbocycles. The first-order valence-electron chi connectivity index (χ1n) is 3.05. The van der Waals surface area contributed by atoms with Crippen molar-refractivity contribution in [3.05, 3.63) is 21.3 Å². The van der Waals surface area contributed by atoms with Crippen LogP contribution in [0.2, 0.25) is 0 Å². The maximum Gasteiger partial charge on any atom is 0.135 e. The summed E-state index contributed by atoms with van der Waals surface area (Å²) in [7, 11) is 0. The van der Waals surface area contributed by atoms with Crippen LogP contribution in [-0.2, 0) is 0 Å². The summed E-state index contributed by atoms with van der Waals surface area (Å²) in [5, 5.41) is 9.02. The molecule has 0 fully saturated rings. The number of hydrogen-bond acceptors (Lipinski definition) is 2. The molecular formula is C5H3Br2NO. The monoisotopic (exact) mass is 253 g/mol. The molecule has 0 bridgehead atoms. The molecule has 0 atom stereocenters. The van der Waals surface area contributed by atoms with Crippen molar-refractivity contribution in [2.24, 2.45) is 0 Å². The van der Waals surface area contributed by atoms with Gasteiger partial charge in [0.1, 0.15) is 10.4 Å². The van der Waals surface area contributed by atoms with Crippen LogP contribution >= 0.6 is 31.9 Å². The maximum atomic E-state index is 9.02. The highest BCUT2D eigenvalue weighted by atomic mass is 79.9. The molecule has 48 valence electrons. The molecule has 1 aromatic heterocycles. The SMILES string of the molecule is [2H]c1nc(Br)c(Br)c([2H])c1O. The van der Waals surface area contributed by atoms with Gasteiger partial charge in [0.2, 0.25) is 0 Å². The van der Waals surface area contributed by atoms with Crippen molar-refractivity contribution >= 4 is 31.9 Å². The summed E-state index contributed by atoms with van der Waals surface area (Å²) >= 11 is 6.05.